The molecule has 0 spiro atoms. The normalized spacial score (nSPS) is 18.7. The molecule has 0 aliphatic carbocycles. The quantitative estimate of drug-likeness (QED) is 0.945. The van der Waals surface area contributed by atoms with Gasteiger partial charge in [0, 0.05) is 18.9 Å². The summed E-state index contributed by atoms with van der Waals surface area (Å²) in [5.74, 6) is 0.0169. The fraction of sp³-hybridized carbons (Fsp3) is 0.429. The van der Waals surface area contributed by atoms with Crippen molar-refractivity contribution in [3.8, 4) is 0 Å². The number of rotatable bonds is 3. The fourth-order valence-electron chi connectivity index (χ4n) is 2.72. The van der Waals surface area contributed by atoms with Crippen molar-refractivity contribution < 1.29 is 4.79 Å². The highest BCUT2D eigenvalue weighted by molar-refractivity contribution is 6.30. The maximum atomic E-state index is 12.5. The maximum Gasteiger partial charge on any atom is 0.270 e. The van der Waals surface area contributed by atoms with Crippen molar-refractivity contribution in [1.82, 2.24) is 19.7 Å². The minimum Gasteiger partial charge on any atom is -0.356 e. The number of H-pyrrole nitrogens is 1. The highest BCUT2D eigenvalue weighted by Crippen LogP contribution is 2.22. The van der Waals surface area contributed by atoms with E-state index >= 15 is 0 Å². The number of halogens is 1. The Balaban J connectivity index is 1.73. The second-order valence-corrected chi connectivity index (χ2v) is 5.70. The third-order valence-corrected chi connectivity index (χ3v) is 3.89. The van der Waals surface area contributed by atoms with Crippen LogP contribution >= 0.6 is 11.6 Å². The van der Waals surface area contributed by atoms with Crippen LogP contribution in [0.5, 0.6) is 0 Å². The average Bonchev–Trinajstić information content (AvgIpc) is 3.11. The molecule has 6 heteroatoms. The van der Waals surface area contributed by atoms with Gasteiger partial charge in [-0.3, -0.25) is 9.48 Å². The molecule has 3 rings (SSSR count). The number of aromatic nitrogens is 3. The number of aromatic amines is 1. The van der Waals surface area contributed by atoms with Crippen LogP contribution < -0.4 is 0 Å². The fourth-order valence-corrected chi connectivity index (χ4v) is 2.89. The number of hydrogen-bond acceptors (Lipinski definition) is 2. The van der Waals surface area contributed by atoms with Crippen LogP contribution in [-0.4, -0.2) is 38.2 Å². The molecule has 5 nitrogen and oxygen atoms in total. The molecule has 0 radical (unpaired) electrons. The van der Waals surface area contributed by atoms with E-state index in [4.69, 9.17) is 11.6 Å². The lowest BCUT2D eigenvalue weighted by Gasteiger charge is -2.24. The van der Waals surface area contributed by atoms with E-state index in [1.165, 1.54) is 0 Å². The lowest BCUT2D eigenvalue weighted by atomic mass is 10.2. The number of aryl methyl sites for hydroxylation is 1. The molecule has 1 unspecified atom stereocenters. The second kappa shape index (κ2) is 5.32. The van der Waals surface area contributed by atoms with E-state index in [0.29, 0.717) is 10.7 Å². The second-order valence-electron chi connectivity index (χ2n) is 5.27. The lowest BCUT2D eigenvalue weighted by Crippen LogP contribution is -2.38. The van der Waals surface area contributed by atoms with Crippen molar-refractivity contribution in [3.05, 3.63) is 40.9 Å². The van der Waals surface area contributed by atoms with Crippen LogP contribution in [0.2, 0.25) is 5.02 Å². The summed E-state index contributed by atoms with van der Waals surface area (Å²) in [5, 5.41) is 4.86. The minimum absolute atomic E-state index is 0.0169. The molecule has 0 bridgehead atoms. The molecule has 20 heavy (non-hydrogen) atoms. The topological polar surface area (TPSA) is 53.9 Å². The van der Waals surface area contributed by atoms with Crippen molar-refractivity contribution in [2.75, 3.05) is 6.54 Å². The number of nitrogens with zero attached hydrogens (tertiary/aromatic N) is 3. The Kier molecular flexibility index (Phi) is 3.53. The number of carbonyl (C=O) groups excluding carboxylic acids is 1. The van der Waals surface area contributed by atoms with Crippen LogP contribution in [-0.2, 0) is 6.54 Å². The van der Waals surface area contributed by atoms with Gasteiger partial charge in [0.1, 0.15) is 5.69 Å². The molecule has 1 saturated heterocycles. The van der Waals surface area contributed by atoms with Crippen molar-refractivity contribution in [2.45, 2.75) is 32.4 Å². The van der Waals surface area contributed by atoms with Crippen LogP contribution in [0.15, 0.2) is 24.7 Å². The van der Waals surface area contributed by atoms with Crippen LogP contribution in [0.25, 0.3) is 0 Å². The smallest absolute Gasteiger partial charge is 0.270 e. The van der Waals surface area contributed by atoms with Crippen molar-refractivity contribution in [3.63, 3.8) is 0 Å². The summed E-state index contributed by atoms with van der Waals surface area (Å²) >= 11 is 5.86. The summed E-state index contributed by atoms with van der Waals surface area (Å²) in [4.78, 5) is 17.3. The predicted octanol–water partition coefficient (Wildman–Crippen LogP) is 2.48. The van der Waals surface area contributed by atoms with E-state index in [9.17, 15) is 4.79 Å². The third-order valence-electron chi connectivity index (χ3n) is 3.68. The average molecular weight is 293 g/mol. The van der Waals surface area contributed by atoms with Gasteiger partial charge in [-0.1, -0.05) is 11.6 Å². The minimum atomic E-state index is 0.0169. The monoisotopic (exact) mass is 292 g/mol. The molecule has 1 fully saturated rings. The van der Waals surface area contributed by atoms with Gasteiger partial charge in [0.15, 0.2) is 0 Å². The van der Waals surface area contributed by atoms with Crippen LogP contribution in [0, 0.1) is 6.92 Å². The SMILES string of the molecule is Cc1cnn(CC2CCCN2C(=O)c2cc(Cl)c[nH]2)c1. The molecule has 0 saturated carbocycles. The summed E-state index contributed by atoms with van der Waals surface area (Å²) in [5.41, 5.74) is 1.69. The Morgan fingerprint density at radius 1 is 1.60 bits per heavy atom. The van der Waals surface area contributed by atoms with Gasteiger partial charge in [-0.15, -0.1) is 0 Å². The summed E-state index contributed by atoms with van der Waals surface area (Å²) in [7, 11) is 0. The molecule has 2 aromatic rings. The Labute approximate surface area is 122 Å². The van der Waals surface area contributed by atoms with Crippen LogP contribution in [0.4, 0.5) is 0 Å². The lowest BCUT2D eigenvalue weighted by molar-refractivity contribution is 0.0716. The van der Waals surface area contributed by atoms with Gasteiger partial charge in [-0.05, 0) is 31.4 Å². The van der Waals surface area contributed by atoms with Gasteiger partial charge in [-0.2, -0.15) is 5.10 Å². The van der Waals surface area contributed by atoms with Gasteiger partial charge in [0.2, 0.25) is 0 Å². The van der Waals surface area contributed by atoms with Crippen molar-refractivity contribution in [2.24, 2.45) is 0 Å². The van der Waals surface area contributed by atoms with Gasteiger partial charge in [-0.25, -0.2) is 0 Å². The number of amides is 1. The maximum absolute atomic E-state index is 12.5. The number of likely N-dealkylation sites (tertiary alicyclic amines) is 1. The third kappa shape index (κ3) is 2.58. The Morgan fingerprint density at radius 3 is 3.10 bits per heavy atom. The van der Waals surface area contributed by atoms with E-state index in [2.05, 4.69) is 10.1 Å². The van der Waals surface area contributed by atoms with Crippen molar-refractivity contribution in [1.29, 1.82) is 0 Å². The highest BCUT2D eigenvalue weighted by atomic mass is 35.5. The van der Waals surface area contributed by atoms with Gasteiger partial charge in [0.05, 0.1) is 23.8 Å². The van der Waals surface area contributed by atoms with E-state index in [0.717, 1.165) is 31.5 Å². The van der Waals surface area contributed by atoms with E-state index < -0.39 is 0 Å². The zero-order chi connectivity index (χ0) is 14.1. The molecule has 1 aliphatic rings. The highest BCUT2D eigenvalue weighted by Gasteiger charge is 2.30. The van der Waals surface area contributed by atoms with Crippen LogP contribution in [0.1, 0.15) is 28.9 Å². The first-order chi connectivity index (χ1) is 9.63. The molecule has 0 aromatic carbocycles. The first-order valence-electron chi connectivity index (χ1n) is 6.77. The van der Waals surface area contributed by atoms with E-state index in [-0.39, 0.29) is 11.9 Å². The largest absolute Gasteiger partial charge is 0.356 e. The number of carbonyl (C=O) groups is 1. The molecule has 3 heterocycles. The van der Waals surface area contributed by atoms with Crippen molar-refractivity contribution >= 4 is 17.5 Å². The Bertz CT molecular complexity index is 618. The number of hydrogen-bond donors (Lipinski definition) is 1. The van der Waals surface area contributed by atoms with Crippen LogP contribution in [0.3, 0.4) is 0 Å². The summed E-state index contributed by atoms with van der Waals surface area (Å²) in [6, 6.07) is 1.88. The first-order valence-corrected chi connectivity index (χ1v) is 7.15. The zero-order valence-corrected chi connectivity index (χ0v) is 12.1. The first kappa shape index (κ1) is 13.2. The molecule has 2 aromatic heterocycles. The summed E-state index contributed by atoms with van der Waals surface area (Å²) in [6.45, 7) is 3.55. The number of nitrogens with one attached hydrogen (secondary N) is 1. The molecule has 1 aliphatic heterocycles. The van der Waals surface area contributed by atoms with E-state index in [1.54, 1.807) is 12.3 Å². The Hall–Kier alpha value is -1.75. The van der Waals surface area contributed by atoms with Gasteiger partial charge >= 0.3 is 0 Å². The molecular formula is C14H17ClN4O. The van der Waals surface area contributed by atoms with Gasteiger partial charge < -0.3 is 9.88 Å². The molecule has 1 amide bonds. The van der Waals surface area contributed by atoms with Gasteiger partial charge in [0.25, 0.3) is 5.91 Å². The molecule has 1 atom stereocenters. The molecule has 106 valence electrons. The Morgan fingerprint density at radius 2 is 2.45 bits per heavy atom. The summed E-state index contributed by atoms with van der Waals surface area (Å²) in [6.07, 6.45) is 7.53. The zero-order valence-electron chi connectivity index (χ0n) is 11.3. The standard InChI is InChI=1S/C14H17ClN4O/c1-10-6-17-18(8-10)9-12-3-2-4-19(12)14(20)13-5-11(15)7-16-13/h5-8,12,16H,2-4,9H2,1H3. The molecular weight excluding hydrogens is 276 g/mol. The van der Waals surface area contributed by atoms with E-state index in [1.807, 2.05) is 28.9 Å². The predicted molar refractivity (Wildman–Crippen MR) is 76.8 cm³/mol. The molecule has 1 N–H and O–H groups in total. The summed E-state index contributed by atoms with van der Waals surface area (Å²) < 4.78 is 1.91.